The molecule has 1 aliphatic rings. The average Bonchev–Trinajstić information content (AvgIpc) is 2.58. The molecular formula is C19H20N2O3. The normalized spacial score (nSPS) is 13.2. The molecule has 0 atom stereocenters. The fourth-order valence-electron chi connectivity index (χ4n) is 2.68. The Balaban J connectivity index is 1.59. The van der Waals surface area contributed by atoms with Crippen molar-refractivity contribution in [3.05, 3.63) is 59.7 Å². The number of amides is 2. The van der Waals surface area contributed by atoms with E-state index < -0.39 is 0 Å². The fourth-order valence-corrected chi connectivity index (χ4v) is 2.68. The van der Waals surface area contributed by atoms with Crippen molar-refractivity contribution in [2.24, 2.45) is 0 Å². The molecule has 5 nitrogen and oxygen atoms in total. The van der Waals surface area contributed by atoms with Crippen LogP contribution in [0.3, 0.4) is 0 Å². The summed E-state index contributed by atoms with van der Waals surface area (Å²) in [6.07, 6.45) is 0.763. The van der Waals surface area contributed by atoms with E-state index in [2.05, 4.69) is 5.32 Å². The van der Waals surface area contributed by atoms with Crippen molar-refractivity contribution in [3.8, 4) is 5.75 Å². The smallest absolute Gasteiger partial charge is 0.265 e. The summed E-state index contributed by atoms with van der Waals surface area (Å²) in [6.45, 7) is 2.48. The molecule has 0 aromatic heterocycles. The number of anilines is 1. The predicted octanol–water partition coefficient (Wildman–Crippen LogP) is 2.08. The van der Waals surface area contributed by atoms with Crippen molar-refractivity contribution in [2.45, 2.75) is 13.3 Å². The fraction of sp³-hybridized carbons (Fsp3) is 0.263. The highest BCUT2D eigenvalue weighted by atomic mass is 16.5. The molecule has 2 aromatic carbocycles. The van der Waals surface area contributed by atoms with Gasteiger partial charge >= 0.3 is 0 Å². The number of fused-ring (bicyclic) bond motifs is 1. The van der Waals surface area contributed by atoms with E-state index in [4.69, 9.17) is 4.74 Å². The molecule has 0 radical (unpaired) electrons. The number of nitrogens with zero attached hydrogens (tertiary/aromatic N) is 1. The van der Waals surface area contributed by atoms with E-state index in [-0.39, 0.29) is 25.0 Å². The zero-order valence-corrected chi connectivity index (χ0v) is 13.6. The number of rotatable bonds is 5. The van der Waals surface area contributed by atoms with Crippen LogP contribution in [0.15, 0.2) is 48.5 Å². The Kier molecular flexibility index (Phi) is 4.79. The van der Waals surface area contributed by atoms with Gasteiger partial charge in [0.1, 0.15) is 12.3 Å². The van der Waals surface area contributed by atoms with Crippen LogP contribution in [0.25, 0.3) is 0 Å². The molecule has 0 aliphatic carbocycles. The van der Waals surface area contributed by atoms with Crippen LogP contribution in [-0.2, 0) is 16.0 Å². The zero-order chi connectivity index (χ0) is 16.9. The molecule has 0 saturated heterocycles. The molecule has 2 aromatic rings. The quantitative estimate of drug-likeness (QED) is 0.916. The standard InChI is InChI=1S/C19H20N2O3/c1-14-7-8-16-17(11-14)24-13-19(23)21(16)12-18(22)20-10-9-15-5-3-2-4-6-15/h2-8,11H,9-10,12-13H2,1H3,(H,20,22). The summed E-state index contributed by atoms with van der Waals surface area (Å²) in [5.74, 6) is 0.268. The van der Waals surface area contributed by atoms with Crippen molar-refractivity contribution in [2.75, 3.05) is 24.6 Å². The van der Waals surface area contributed by atoms with Crippen molar-refractivity contribution in [3.63, 3.8) is 0 Å². The van der Waals surface area contributed by atoms with E-state index in [0.717, 1.165) is 12.0 Å². The molecule has 2 amide bonds. The molecule has 24 heavy (non-hydrogen) atoms. The number of carbonyl (C=O) groups excluding carboxylic acids is 2. The van der Waals surface area contributed by atoms with Crippen molar-refractivity contribution < 1.29 is 14.3 Å². The minimum Gasteiger partial charge on any atom is -0.482 e. The van der Waals surface area contributed by atoms with Gasteiger partial charge in [0.25, 0.3) is 5.91 Å². The van der Waals surface area contributed by atoms with E-state index in [9.17, 15) is 9.59 Å². The highest BCUT2D eigenvalue weighted by Gasteiger charge is 2.27. The minimum atomic E-state index is -0.204. The van der Waals surface area contributed by atoms with Crippen LogP contribution in [-0.4, -0.2) is 31.5 Å². The van der Waals surface area contributed by atoms with Crippen molar-refractivity contribution in [1.29, 1.82) is 0 Å². The van der Waals surface area contributed by atoms with Crippen LogP contribution < -0.4 is 15.0 Å². The van der Waals surface area contributed by atoms with Crippen LogP contribution in [0, 0.1) is 6.92 Å². The van der Waals surface area contributed by atoms with Gasteiger partial charge in [0.2, 0.25) is 5.91 Å². The summed E-state index contributed by atoms with van der Waals surface area (Å²) >= 11 is 0. The van der Waals surface area contributed by atoms with Gasteiger partial charge in [-0.25, -0.2) is 0 Å². The van der Waals surface area contributed by atoms with Gasteiger partial charge in [-0.1, -0.05) is 36.4 Å². The lowest BCUT2D eigenvalue weighted by Gasteiger charge is -2.29. The minimum absolute atomic E-state index is 0.00699. The summed E-state index contributed by atoms with van der Waals surface area (Å²) in [5, 5.41) is 2.87. The Hall–Kier alpha value is -2.82. The molecule has 0 saturated carbocycles. The van der Waals surface area contributed by atoms with E-state index >= 15 is 0 Å². The Morgan fingerprint density at radius 1 is 1.21 bits per heavy atom. The second-order valence-corrected chi connectivity index (χ2v) is 5.83. The summed E-state index contributed by atoms with van der Waals surface area (Å²) in [7, 11) is 0. The SMILES string of the molecule is Cc1ccc2c(c1)OCC(=O)N2CC(=O)NCCc1ccccc1. The maximum absolute atomic E-state index is 12.2. The molecule has 0 spiro atoms. The van der Waals surface area contributed by atoms with Crippen LogP contribution in [0.1, 0.15) is 11.1 Å². The van der Waals surface area contributed by atoms with Crippen LogP contribution in [0.4, 0.5) is 5.69 Å². The van der Waals surface area contributed by atoms with Crippen LogP contribution in [0.5, 0.6) is 5.75 Å². The third-order valence-electron chi connectivity index (χ3n) is 3.94. The van der Waals surface area contributed by atoms with Gasteiger partial charge < -0.3 is 10.1 Å². The third-order valence-corrected chi connectivity index (χ3v) is 3.94. The Morgan fingerprint density at radius 2 is 2.00 bits per heavy atom. The van der Waals surface area contributed by atoms with Crippen molar-refractivity contribution in [1.82, 2.24) is 5.32 Å². The molecule has 1 aliphatic heterocycles. The van der Waals surface area contributed by atoms with Crippen LogP contribution >= 0.6 is 0 Å². The summed E-state index contributed by atoms with van der Waals surface area (Å²) in [4.78, 5) is 25.8. The monoisotopic (exact) mass is 324 g/mol. The first kappa shape index (κ1) is 16.1. The second-order valence-electron chi connectivity index (χ2n) is 5.83. The highest BCUT2D eigenvalue weighted by Crippen LogP contribution is 2.32. The number of nitrogens with one attached hydrogen (secondary N) is 1. The zero-order valence-electron chi connectivity index (χ0n) is 13.6. The highest BCUT2D eigenvalue weighted by molar-refractivity contribution is 6.02. The summed E-state index contributed by atoms with van der Waals surface area (Å²) < 4.78 is 5.44. The number of carbonyl (C=O) groups is 2. The Labute approximate surface area is 141 Å². The van der Waals surface area contributed by atoms with Gasteiger partial charge in [0.15, 0.2) is 6.61 Å². The van der Waals surface area contributed by atoms with E-state index in [1.165, 1.54) is 10.5 Å². The maximum Gasteiger partial charge on any atom is 0.265 e. The van der Waals surface area contributed by atoms with Crippen LogP contribution in [0.2, 0.25) is 0 Å². The lowest BCUT2D eigenvalue weighted by molar-refractivity contribution is -0.125. The molecule has 0 fully saturated rings. The molecule has 124 valence electrons. The molecule has 0 bridgehead atoms. The first-order valence-electron chi connectivity index (χ1n) is 7.98. The number of benzene rings is 2. The van der Waals surface area contributed by atoms with Gasteiger partial charge in [0, 0.05) is 6.54 Å². The number of hydrogen-bond donors (Lipinski definition) is 1. The predicted molar refractivity (Wildman–Crippen MR) is 92.2 cm³/mol. The molecular weight excluding hydrogens is 304 g/mol. The van der Waals surface area contributed by atoms with Gasteiger partial charge in [-0.15, -0.1) is 0 Å². The molecule has 1 N–H and O–H groups in total. The number of aryl methyl sites for hydroxylation is 1. The van der Waals surface area contributed by atoms with Gasteiger partial charge in [-0.2, -0.15) is 0 Å². The first-order valence-corrected chi connectivity index (χ1v) is 7.98. The number of ether oxygens (including phenoxy) is 1. The molecule has 5 heteroatoms. The van der Waals surface area contributed by atoms with Gasteiger partial charge in [-0.3, -0.25) is 14.5 Å². The third kappa shape index (κ3) is 3.74. The first-order chi connectivity index (χ1) is 11.6. The largest absolute Gasteiger partial charge is 0.482 e. The van der Waals surface area contributed by atoms with E-state index in [1.54, 1.807) is 0 Å². The van der Waals surface area contributed by atoms with E-state index in [1.807, 2.05) is 55.5 Å². The summed E-state index contributed by atoms with van der Waals surface area (Å²) in [5.41, 5.74) is 2.87. The Bertz CT molecular complexity index is 744. The number of hydrogen-bond acceptors (Lipinski definition) is 3. The van der Waals surface area contributed by atoms with Gasteiger partial charge in [0.05, 0.1) is 5.69 Å². The van der Waals surface area contributed by atoms with Crippen molar-refractivity contribution >= 4 is 17.5 Å². The van der Waals surface area contributed by atoms with E-state index in [0.29, 0.717) is 18.0 Å². The second kappa shape index (κ2) is 7.17. The summed E-state index contributed by atoms with van der Waals surface area (Å²) in [6, 6.07) is 15.6. The molecule has 1 heterocycles. The van der Waals surface area contributed by atoms with Gasteiger partial charge in [-0.05, 0) is 36.6 Å². The maximum atomic E-state index is 12.2. The lowest BCUT2D eigenvalue weighted by Crippen LogP contribution is -2.45. The average molecular weight is 324 g/mol. The topological polar surface area (TPSA) is 58.6 Å². The Morgan fingerprint density at radius 3 is 2.79 bits per heavy atom. The molecule has 0 unspecified atom stereocenters. The lowest BCUT2D eigenvalue weighted by atomic mass is 10.1. The molecule has 3 rings (SSSR count).